The van der Waals surface area contributed by atoms with Crippen molar-refractivity contribution in [1.82, 2.24) is 19.7 Å². The molecule has 0 saturated heterocycles. The second-order valence-electron chi connectivity index (χ2n) is 6.98. The van der Waals surface area contributed by atoms with E-state index < -0.39 is 10.9 Å². The molecule has 168 valence electrons. The highest BCUT2D eigenvalue weighted by Gasteiger charge is 2.21. The number of nitro benzene ring substituents is 1. The normalized spacial score (nSPS) is 10.7. The average Bonchev–Trinajstić information content (AvgIpc) is 3.42. The minimum atomic E-state index is -0.672. The number of esters is 1. The van der Waals surface area contributed by atoms with Crippen LogP contribution in [0.15, 0.2) is 64.2 Å². The lowest BCUT2D eigenvalue weighted by atomic mass is 10.2. The zero-order valence-electron chi connectivity index (χ0n) is 17.6. The van der Waals surface area contributed by atoms with Crippen molar-refractivity contribution < 1.29 is 14.5 Å². The van der Waals surface area contributed by atoms with E-state index in [1.807, 2.05) is 31.2 Å². The Morgan fingerprint density at radius 1 is 1.27 bits per heavy atom. The van der Waals surface area contributed by atoms with E-state index in [2.05, 4.69) is 20.5 Å². The minimum Gasteiger partial charge on any atom is -0.456 e. The number of aromatic nitrogens is 4. The molecule has 0 radical (unpaired) electrons. The summed E-state index contributed by atoms with van der Waals surface area (Å²) in [5.74, 6) is -0.672. The molecule has 0 unspecified atom stereocenters. The zero-order chi connectivity index (χ0) is 23.4. The summed E-state index contributed by atoms with van der Waals surface area (Å²) in [6, 6.07) is 12.1. The third-order valence-electron chi connectivity index (χ3n) is 4.47. The molecule has 0 aliphatic carbocycles. The molecule has 0 amide bonds. The molecular weight excluding hydrogens is 464 g/mol. The summed E-state index contributed by atoms with van der Waals surface area (Å²) >= 11 is 2.48. The number of rotatable bonds is 8. The molecule has 0 aliphatic heterocycles. The maximum Gasteiger partial charge on any atom is 0.338 e. The molecule has 0 spiro atoms. The van der Waals surface area contributed by atoms with Crippen LogP contribution in [0.25, 0.3) is 0 Å². The van der Waals surface area contributed by atoms with E-state index in [4.69, 9.17) is 4.74 Å². The maximum absolute atomic E-state index is 12.5. The van der Waals surface area contributed by atoms with E-state index >= 15 is 0 Å². The van der Waals surface area contributed by atoms with Crippen LogP contribution in [0.3, 0.4) is 0 Å². The average molecular weight is 483 g/mol. The number of aryl methyl sites for hydroxylation is 2. The van der Waals surface area contributed by atoms with Gasteiger partial charge in [0.2, 0.25) is 0 Å². The molecule has 1 N–H and O–H groups in total. The Hall–Kier alpha value is -3.77. The largest absolute Gasteiger partial charge is 0.456 e. The Morgan fingerprint density at radius 3 is 2.76 bits per heavy atom. The maximum atomic E-state index is 12.5. The van der Waals surface area contributed by atoms with Gasteiger partial charge in [-0.05, 0) is 43.0 Å². The summed E-state index contributed by atoms with van der Waals surface area (Å²) < 4.78 is 6.96. The Labute approximate surface area is 196 Å². The van der Waals surface area contributed by atoms with Crippen LogP contribution in [0, 0.1) is 17.0 Å². The summed E-state index contributed by atoms with van der Waals surface area (Å²) in [7, 11) is 1.74. The standard InChI is InChI=1S/C21H18N6O4S2/c1-13-3-6-15(7-4-13)23-20-24-16(11-32-20)10-31-19(28)14-5-8-18(17(9-14)27(29)30)33-21-25-22-12-26(21)2/h3-9,11-12H,10H2,1-2H3,(H,23,24). The van der Waals surface area contributed by atoms with Crippen molar-refractivity contribution >= 4 is 45.6 Å². The van der Waals surface area contributed by atoms with Crippen molar-refractivity contribution in [2.24, 2.45) is 7.05 Å². The van der Waals surface area contributed by atoms with Crippen LogP contribution in [-0.4, -0.2) is 30.6 Å². The van der Waals surface area contributed by atoms with Gasteiger partial charge in [-0.1, -0.05) is 17.7 Å². The first kappa shape index (κ1) is 22.4. The van der Waals surface area contributed by atoms with Gasteiger partial charge < -0.3 is 14.6 Å². The molecule has 2 aromatic heterocycles. The number of nitro groups is 1. The molecule has 0 bridgehead atoms. The number of hydrogen-bond donors (Lipinski definition) is 1. The smallest absolute Gasteiger partial charge is 0.338 e. The van der Waals surface area contributed by atoms with Crippen LogP contribution < -0.4 is 5.32 Å². The highest BCUT2D eigenvalue weighted by Crippen LogP contribution is 2.34. The predicted molar refractivity (Wildman–Crippen MR) is 124 cm³/mol. The van der Waals surface area contributed by atoms with Gasteiger partial charge in [0.05, 0.1) is 21.1 Å². The Balaban J connectivity index is 1.40. The van der Waals surface area contributed by atoms with E-state index in [0.717, 1.165) is 23.0 Å². The first-order valence-corrected chi connectivity index (χ1v) is 11.3. The molecule has 0 aliphatic rings. The fraction of sp³-hybridized carbons (Fsp3) is 0.143. The first-order valence-electron chi connectivity index (χ1n) is 9.64. The van der Waals surface area contributed by atoms with E-state index in [0.29, 0.717) is 20.9 Å². The van der Waals surface area contributed by atoms with E-state index in [1.165, 1.54) is 35.9 Å². The van der Waals surface area contributed by atoms with Gasteiger partial charge in [-0.3, -0.25) is 10.1 Å². The van der Waals surface area contributed by atoms with Gasteiger partial charge in [-0.15, -0.1) is 21.5 Å². The number of benzene rings is 2. The third-order valence-corrected chi connectivity index (χ3v) is 6.39. The summed E-state index contributed by atoms with van der Waals surface area (Å²) in [5.41, 5.74) is 2.51. The van der Waals surface area contributed by atoms with Crippen molar-refractivity contribution in [2.75, 3.05) is 5.32 Å². The van der Waals surface area contributed by atoms with Gasteiger partial charge in [-0.25, -0.2) is 9.78 Å². The molecule has 12 heteroatoms. The van der Waals surface area contributed by atoms with Crippen LogP contribution in [0.2, 0.25) is 0 Å². The topological polar surface area (TPSA) is 125 Å². The van der Waals surface area contributed by atoms with Gasteiger partial charge in [0.1, 0.15) is 12.9 Å². The quantitative estimate of drug-likeness (QED) is 0.215. The Kier molecular flexibility index (Phi) is 6.66. The SMILES string of the molecule is Cc1ccc(Nc2nc(COC(=O)c3ccc(Sc4nncn4C)c([N+](=O)[O-])c3)cs2)cc1. The van der Waals surface area contributed by atoms with Gasteiger partial charge in [-0.2, -0.15) is 0 Å². The third kappa shape index (κ3) is 5.54. The number of nitrogens with zero attached hydrogens (tertiary/aromatic N) is 5. The van der Waals surface area contributed by atoms with Crippen LogP contribution >= 0.6 is 23.1 Å². The number of carbonyl (C=O) groups excluding carboxylic acids is 1. The number of nitrogens with one attached hydrogen (secondary N) is 1. The van der Waals surface area contributed by atoms with Crippen molar-refractivity contribution in [3.8, 4) is 0 Å². The molecule has 10 nitrogen and oxygen atoms in total. The lowest BCUT2D eigenvalue weighted by Gasteiger charge is -2.06. The number of ether oxygens (including phenoxy) is 1. The molecule has 33 heavy (non-hydrogen) atoms. The molecule has 2 aromatic carbocycles. The van der Waals surface area contributed by atoms with Crippen molar-refractivity contribution in [3.63, 3.8) is 0 Å². The highest BCUT2D eigenvalue weighted by atomic mass is 32.2. The van der Waals surface area contributed by atoms with Gasteiger partial charge in [0.15, 0.2) is 10.3 Å². The van der Waals surface area contributed by atoms with Crippen molar-refractivity contribution in [2.45, 2.75) is 23.6 Å². The van der Waals surface area contributed by atoms with Gasteiger partial charge >= 0.3 is 5.97 Å². The predicted octanol–water partition coefficient (Wildman–Crippen LogP) is 4.74. The Morgan fingerprint density at radius 2 is 2.06 bits per heavy atom. The summed E-state index contributed by atoms with van der Waals surface area (Å²) in [6.45, 7) is 1.97. The van der Waals surface area contributed by atoms with Crippen LogP contribution in [-0.2, 0) is 18.4 Å². The van der Waals surface area contributed by atoms with Gasteiger partial charge in [0, 0.05) is 24.2 Å². The van der Waals surface area contributed by atoms with Gasteiger partial charge in [0.25, 0.3) is 5.69 Å². The number of hydrogen-bond acceptors (Lipinski definition) is 10. The summed E-state index contributed by atoms with van der Waals surface area (Å²) in [5, 5.41) is 25.4. The number of anilines is 2. The van der Waals surface area contributed by atoms with Crippen molar-refractivity contribution in [1.29, 1.82) is 0 Å². The fourth-order valence-corrected chi connectivity index (χ4v) is 4.32. The first-order chi connectivity index (χ1) is 15.9. The minimum absolute atomic E-state index is 0.0475. The molecule has 0 atom stereocenters. The molecule has 0 saturated carbocycles. The van der Waals surface area contributed by atoms with Crippen LogP contribution in [0.5, 0.6) is 0 Å². The fourth-order valence-electron chi connectivity index (χ4n) is 2.75. The summed E-state index contributed by atoms with van der Waals surface area (Å²) in [4.78, 5) is 28.2. The van der Waals surface area contributed by atoms with Crippen LogP contribution in [0.4, 0.5) is 16.5 Å². The number of thiazole rings is 1. The summed E-state index contributed by atoms with van der Waals surface area (Å²) in [6.07, 6.45) is 1.50. The van der Waals surface area contributed by atoms with Crippen molar-refractivity contribution in [3.05, 3.63) is 81.1 Å². The van der Waals surface area contributed by atoms with E-state index in [9.17, 15) is 14.9 Å². The highest BCUT2D eigenvalue weighted by molar-refractivity contribution is 7.99. The second kappa shape index (κ2) is 9.79. The van der Waals surface area contributed by atoms with E-state index in [1.54, 1.807) is 17.0 Å². The van der Waals surface area contributed by atoms with Crippen LogP contribution in [0.1, 0.15) is 21.6 Å². The second-order valence-corrected chi connectivity index (χ2v) is 8.84. The molecule has 2 heterocycles. The lowest BCUT2D eigenvalue weighted by Crippen LogP contribution is -2.06. The molecule has 4 rings (SSSR count). The zero-order valence-corrected chi connectivity index (χ0v) is 19.2. The molecule has 0 fully saturated rings. The molecular formula is C21H18N6O4S2. The lowest BCUT2D eigenvalue weighted by molar-refractivity contribution is -0.387. The van der Waals surface area contributed by atoms with E-state index in [-0.39, 0.29) is 17.9 Å². The monoisotopic (exact) mass is 482 g/mol. The number of carbonyl (C=O) groups is 1. The molecule has 4 aromatic rings. The Bertz CT molecular complexity index is 1300.